The number of thiocarbonyl (C=S) groups is 1. The summed E-state index contributed by atoms with van der Waals surface area (Å²) in [6.45, 7) is 1.62. The quantitative estimate of drug-likeness (QED) is 0.339. The molecule has 0 aromatic carbocycles. The van der Waals surface area contributed by atoms with E-state index in [0.29, 0.717) is 0 Å². The van der Waals surface area contributed by atoms with Gasteiger partial charge in [-0.05, 0) is 17.0 Å². The van der Waals surface area contributed by atoms with Crippen LogP contribution in [0.25, 0.3) is 0 Å². The van der Waals surface area contributed by atoms with Crippen LogP contribution in [0.5, 0.6) is 0 Å². The molecule has 1 nitrogen and oxygen atoms in total. The van der Waals surface area contributed by atoms with Gasteiger partial charge in [0, 0.05) is 0 Å². The maximum atomic E-state index is 5.41. The largest absolute Gasteiger partial charge is 0.334 e. The molecule has 0 bridgehead atoms. The molecule has 0 amide bonds. The number of hydrogen-bond donors (Lipinski definition) is 0. The SMILES string of the molecule is C[P+](Cl)(Cl)N=C=S. The van der Waals surface area contributed by atoms with Crippen molar-refractivity contribution in [1.29, 1.82) is 0 Å². The minimum Gasteiger partial charge on any atom is -0.0365 e. The van der Waals surface area contributed by atoms with E-state index in [0.717, 1.165) is 0 Å². The molecule has 0 aliphatic heterocycles. The molecule has 0 saturated carbocycles. The minimum atomic E-state index is -2.06. The highest BCUT2D eigenvalue weighted by molar-refractivity contribution is 8.16. The topological polar surface area (TPSA) is 12.4 Å². The highest BCUT2D eigenvalue weighted by Gasteiger charge is 2.25. The Hall–Kier alpha value is 0.810. The third-order valence-corrected chi connectivity index (χ3v) is 1.35. The summed E-state index contributed by atoms with van der Waals surface area (Å²) in [7, 11) is 0. The van der Waals surface area contributed by atoms with Crippen molar-refractivity contribution in [1.82, 2.24) is 0 Å². The Morgan fingerprint density at radius 3 is 2.14 bits per heavy atom. The van der Waals surface area contributed by atoms with Crippen molar-refractivity contribution in [3.63, 3.8) is 0 Å². The molecule has 7 heavy (non-hydrogen) atoms. The molecule has 0 atom stereocenters. The molecule has 0 unspecified atom stereocenters. The smallest absolute Gasteiger partial charge is 0.0365 e. The monoisotopic (exact) mass is 174 g/mol. The second-order valence-corrected chi connectivity index (χ2v) is 7.30. The fraction of sp³-hybridized carbons (Fsp3) is 0.500. The first-order valence-corrected chi connectivity index (χ1v) is 5.82. The van der Waals surface area contributed by atoms with E-state index < -0.39 is 6.12 Å². The van der Waals surface area contributed by atoms with E-state index in [1.807, 2.05) is 0 Å². The Balaban J connectivity index is 3.80. The molecular formula is C2H3Cl2NPS+. The molecule has 0 aliphatic carbocycles. The Bertz CT molecular complexity index is 103. The predicted octanol–water partition coefficient (Wildman–Crippen LogP) is 2.96. The maximum Gasteiger partial charge on any atom is 0.334 e. The third kappa shape index (κ3) is 6.81. The van der Waals surface area contributed by atoms with E-state index in [1.54, 1.807) is 6.66 Å². The van der Waals surface area contributed by atoms with Crippen molar-refractivity contribution in [3.05, 3.63) is 0 Å². The zero-order chi connectivity index (χ0) is 5.91. The van der Waals surface area contributed by atoms with Gasteiger partial charge in [-0.3, -0.25) is 0 Å². The molecule has 40 valence electrons. The summed E-state index contributed by atoms with van der Waals surface area (Å²) in [6, 6.07) is 0. The first-order valence-electron chi connectivity index (χ1n) is 1.41. The van der Waals surface area contributed by atoms with E-state index in [2.05, 4.69) is 22.1 Å². The first kappa shape index (κ1) is 7.81. The number of rotatable bonds is 1. The van der Waals surface area contributed by atoms with Crippen LogP contribution in [0.2, 0.25) is 0 Å². The van der Waals surface area contributed by atoms with Crippen LogP contribution in [0, 0.1) is 0 Å². The lowest BCUT2D eigenvalue weighted by Crippen LogP contribution is -1.56. The summed E-state index contributed by atoms with van der Waals surface area (Å²) in [4.78, 5) is 0. The lowest BCUT2D eigenvalue weighted by Gasteiger charge is -1.85. The Labute approximate surface area is 57.7 Å². The van der Waals surface area contributed by atoms with Crippen LogP contribution in [-0.4, -0.2) is 11.8 Å². The van der Waals surface area contributed by atoms with Gasteiger partial charge in [-0.1, -0.05) is 0 Å². The summed E-state index contributed by atoms with van der Waals surface area (Å²) < 4.78 is 3.46. The summed E-state index contributed by atoms with van der Waals surface area (Å²) in [5.41, 5.74) is 0. The molecule has 0 saturated heterocycles. The van der Waals surface area contributed by atoms with Crippen molar-refractivity contribution in [2.24, 2.45) is 4.76 Å². The normalized spacial score (nSPS) is 10.1. The molecule has 0 radical (unpaired) electrons. The average Bonchev–Trinajstić information content (AvgIpc) is 1.30. The average molecular weight is 175 g/mol. The van der Waals surface area contributed by atoms with Gasteiger partial charge in [0.25, 0.3) is 0 Å². The molecule has 0 N–H and O–H groups in total. The van der Waals surface area contributed by atoms with Gasteiger partial charge in [0.05, 0.1) is 0 Å². The molecule has 0 spiro atoms. The summed E-state index contributed by atoms with van der Waals surface area (Å²) >= 11 is 15.1. The molecule has 0 aliphatic rings. The van der Waals surface area contributed by atoms with Gasteiger partial charge in [0.2, 0.25) is 0 Å². The molecule has 0 aromatic rings. The summed E-state index contributed by atoms with van der Waals surface area (Å²) in [5.74, 6) is 0. The van der Waals surface area contributed by atoms with Crippen LogP contribution in [0.1, 0.15) is 0 Å². The molecule has 0 fully saturated rings. The first-order chi connectivity index (χ1) is 3.06. The van der Waals surface area contributed by atoms with Crippen molar-refractivity contribution in [2.45, 2.75) is 0 Å². The van der Waals surface area contributed by atoms with E-state index in [9.17, 15) is 0 Å². The summed E-state index contributed by atoms with van der Waals surface area (Å²) in [6.07, 6.45) is -2.06. The van der Waals surface area contributed by atoms with Gasteiger partial charge >= 0.3 is 6.12 Å². The highest BCUT2D eigenvalue weighted by Crippen LogP contribution is 2.66. The van der Waals surface area contributed by atoms with Crippen LogP contribution in [0.15, 0.2) is 4.76 Å². The molecule has 0 heterocycles. The van der Waals surface area contributed by atoms with Crippen LogP contribution in [-0.2, 0) is 0 Å². The van der Waals surface area contributed by atoms with E-state index in [-0.39, 0.29) is 0 Å². The minimum absolute atomic E-state index is 1.62. The molecule has 0 aromatic heterocycles. The van der Waals surface area contributed by atoms with Gasteiger partial charge in [-0.25, -0.2) is 0 Å². The Morgan fingerprint density at radius 1 is 1.71 bits per heavy atom. The number of isothiocyanates is 1. The van der Waals surface area contributed by atoms with E-state index in [4.69, 9.17) is 22.5 Å². The van der Waals surface area contributed by atoms with Gasteiger partial charge in [-0.2, -0.15) is 0 Å². The predicted molar refractivity (Wildman–Crippen MR) is 39.6 cm³/mol. The van der Waals surface area contributed by atoms with Crippen LogP contribution in [0.4, 0.5) is 0 Å². The number of nitrogens with zero attached hydrogens (tertiary/aromatic N) is 1. The lowest BCUT2D eigenvalue weighted by molar-refractivity contribution is 1.95. The molecule has 5 heteroatoms. The van der Waals surface area contributed by atoms with Crippen molar-refractivity contribution < 1.29 is 0 Å². The number of hydrogen-bond acceptors (Lipinski definition) is 2. The molecular weight excluding hydrogens is 172 g/mol. The van der Waals surface area contributed by atoms with Crippen LogP contribution >= 0.6 is 40.8 Å². The van der Waals surface area contributed by atoms with Crippen molar-refractivity contribution in [3.8, 4) is 0 Å². The fourth-order valence-electron chi connectivity index (χ4n) is 0.0717. The van der Waals surface area contributed by atoms with Crippen molar-refractivity contribution >= 4 is 46.0 Å². The van der Waals surface area contributed by atoms with Crippen molar-refractivity contribution in [2.75, 3.05) is 6.66 Å². The second-order valence-electron chi connectivity index (χ2n) is 0.944. The summed E-state index contributed by atoms with van der Waals surface area (Å²) in [5, 5.41) is 2.10. The highest BCUT2D eigenvalue weighted by atomic mass is 35.9. The van der Waals surface area contributed by atoms with Gasteiger partial charge in [-0.15, -0.1) is 0 Å². The van der Waals surface area contributed by atoms with Gasteiger partial charge in [0.1, 0.15) is 34.3 Å². The zero-order valence-electron chi connectivity index (χ0n) is 3.56. The second kappa shape index (κ2) is 2.96. The maximum absolute atomic E-state index is 5.41. The Kier molecular flexibility index (Phi) is 3.30. The van der Waals surface area contributed by atoms with Crippen LogP contribution < -0.4 is 0 Å². The van der Waals surface area contributed by atoms with E-state index in [1.165, 1.54) is 0 Å². The standard InChI is InChI=1S/C2H3Cl2NPS/c1-6(3,4)5-2-7/h1H3/q+1. The van der Waals surface area contributed by atoms with E-state index >= 15 is 0 Å². The number of halogens is 2. The zero-order valence-corrected chi connectivity index (χ0v) is 6.78. The lowest BCUT2D eigenvalue weighted by atomic mass is 11.8. The van der Waals surface area contributed by atoms with Gasteiger partial charge < -0.3 is 0 Å². The molecule has 0 rings (SSSR count). The third-order valence-electron chi connectivity index (χ3n) is 0.216. The van der Waals surface area contributed by atoms with Gasteiger partial charge in [0.15, 0.2) is 0 Å². The fourth-order valence-corrected chi connectivity index (χ4v) is 1.20. The Morgan fingerprint density at radius 2 is 2.14 bits per heavy atom. The van der Waals surface area contributed by atoms with Crippen LogP contribution in [0.3, 0.4) is 0 Å².